The van der Waals surface area contributed by atoms with E-state index in [0.29, 0.717) is 5.02 Å². The second-order valence-corrected chi connectivity index (χ2v) is 15.9. The molecule has 2 nitrogen and oxygen atoms in total. The van der Waals surface area contributed by atoms with Crippen molar-refractivity contribution in [1.29, 1.82) is 0 Å². The lowest BCUT2D eigenvalue weighted by Gasteiger charge is -2.48. The Hall–Kier alpha value is -0.980. The van der Waals surface area contributed by atoms with Crippen LogP contribution in [0.4, 0.5) is 0 Å². The van der Waals surface area contributed by atoms with Crippen molar-refractivity contribution >= 4 is 18.9 Å². The van der Waals surface area contributed by atoms with Crippen molar-refractivity contribution in [2.45, 2.75) is 119 Å². The van der Waals surface area contributed by atoms with Crippen LogP contribution in [0.25, 0.3) is 0 Å². The molecule has 3 fully saturated rings. The molecule has 1 atom stereocenters. The summed E-state index contributed by atoms with van der Waals surface area (Å²) in [6.07, 6.45) is 25.8. The molecule has 0 saturated heterocycles. The van der Waals surface area contributed by atoms with E-state index in [1.165, 1.54) is 96.3 Å². The van der Waals surface area contributed by atoms with Gasteiger partial charge in [-0.25, -0.2) is 0 Å². The number of benzene rings is 1. The number of aliphatic hydroxyl groups excluding tert-OH is 1. The molecule has 0 radical (unpaired) electrons. The first-order valence-electron chi connectivity index (χ1n) is 13.9. The topological polar surface area (TPSA) is 29.5 Å². The summed E-state index contributed by atoms with van der Waals surface area (Å²) in [6, 6.07) is 7.63. The van der Waals surface area contributed by atoms with Gasteiger partial charge in [0.15, 0.2) is 0 Å². The van der Waals surface area contributed by atoms with Crippen LogP contribution in [-0.2, 0) is 4.74 Å². The van der Waals surface area contributed by atoms with Crippen LogP contribution in [0.15, 0.2) is 48.9 Å². The maximum Gasteiger partial charge on any atom is 0.277 e. The lowest BCUT2D eigenvalue weighted by Crippen LogP contribution is -2.37. The summed E-state index contributed by atoms with van der Waals surface area (Å²) in [5, 5.41) is 11.7. The van der Waals surface area contributed by atoms with E-state index < -0.39 is 7.26 Å². The Balaban J connectivity index is 1.59. The van der Waals surface area contributed by atoms with Gasteiger partial charge < -0.3 is 9.84 Å². The molecule has 4 heteroatoms. The maximum atomic E-state index is 11.0. The third-order valence-corrected chi connectivity index (χ3v) is 15.7. The minimum Gasteiger partial charge on any atom is -0.481 e. The van der Waals surface area contributed by atoms with Crippen LogP contribution in [0.3, 0.4) is 0 Å². The summed E-state index contributed by atoms with van der Waals surface area (Å²) >= 11 is 6.06. The predicted molar refractivity (Wildman–Crippen MR) is 149 cm³/mol. The summed E-state index contributed by atoms with van der Waals surface area (Å²) in [5.74, 6) is 0.0895. The second-order valence-electron chi connectivity index (χ2n) is 10.9. The van der Waals surface area contributed by atoms with Crippen molar-refractivity contribution in [3.63, 3.8) is 0 Å². The summed E-state index contributed by atoms with van der Waals surface area (Å²) < 4.78 is 6.06. The first-order chi connectivity index (χ1) is 16.6. The normalized spacial score (nSPS) is 22.9. The van der Waals surface area contributed by atoms with Crippen LogP contribution < -0.4 is 0 Å². The van der Waals surface area contributed by atoms with Crippen LogP contribution in [-0.4, -0.2) is 28.2 Å². The van der Waals surface area contributed by atoms with Gasteiger partial charge in [0.1, 0.15) is 6.10 Å². The molecule has 3 saturated carbocycles. The quantitative estimate of drug-likeness (QED) is 0.206. The van der Waals surface area contributed by atoms with Crippen molar-refractivity contribution in [1.82, 2.24) is 0 Å². The molecule has 0 aromatic heterocycles. The van der Waals surface area contributed by atoms with E-state index in [4.69, 9.17) is 16.3 Å². The van der Waals surface area contributed by atoms with Crippen molar-refractivity contribution in [2.75, 3.05) is 6.16 Å². The highest BCUT2D eigenvalue weighted by atomic mass is 35.5. The van der Waals surface area contributed by atoms with E-state index in [1.807, 2.05) is 24.3 Å². The van der Waals surface area contributed by atoms with Crippen molar-refractivity contribution in [2.24, 2.45) is 0 Å². The van der Waals surface area contributed by atoms with Gasteiger partial charge in [0, 0.05) is 18.4 Å². The van der Waals surface area contributed by atoms with E-state index in [9.17, 15) is 5.11 Å². The van der Waals surface area contributed by atoms with Gasteiger partial charge >= 0.3 is 0 Å². The van der Waals surface area contributed by atoms with Gasteiger partial charge in [-0.3, -0.25) is 0 Å². The van der Waals surface area contributed by atoms with Gasteiger partial charge in [-0.1, -0.05) is 49.6 Å². The predicted octanol–water partition coefficient (Wildman–Crippen LogP) is 10.00. The van der Waals surface area contributed by atoms with Crippen molar-refractivity contribution in [3.05, 3.63) is 59.5 Å². The molecule has 1 unspecified atom stereocenters. The molecule has 1 N–H and O–H groups in total. The molecule has 1 aromatic carbocycles. The molecule has 0 aliphatic heterocycles. The van der Waals surface area contributed by atoms with Gasteiger partial charge in [-0.15, -0.1) is 0 Å². The molecular formula is C30H45ClO2P+. The van der Waals surface area contributed by atoms with E-state index >= 15 is 0 Å². The Morgan fingerprint density at radius 3 is 1.71 bits per heavy atom. The van der Waals surface area contributed by atoms with Gasteiger partial charge in [-0.2, -0.15) is 0 Å². The Labute approximate surface area is 213 Å². The van der Waals surface area contributed by atoms with Gasteiger partial charge in [-0.05, 0) is 101 Å². The minimum absolute atomic E-state index is 0.0895. The van der Waals surface area contributed by atoms with E-state index in [-0.39, 0.29) is 12.0 Å². The highest BCUT2D eigenvalue weighted by Gasteiger charge is 2.56. The van der Waals surface area contributed by atoms with Gasteiger partial charge in [0.05, 0.1) is 23.1 Å². The first kappa shape index (κ1) is 26.1. The van der Waals surface area contributed by atoms with Crippen molar-refractivity contribution < 1.29 is 9.84 Å². The molecule has 0 heterocycles. The third-order valence-electron chi connectivity index (χ3n) is 9.01. The average molecular weight is 504 g/mol. The van der Waals surface area contributed by atoms with E-state index in [2.05, 4.69) is 12.7 Å². The SMILES string of the molecule is C=CC(O/C(O)=C/C[P+](C1CCCCC1)(C1CCCCC1)C1CCCCC1)c1ccc(Cl)cc1. The average Bonchev–Trinajstić information content (AvgIpc) is 2.90. The lowest BCUT2D eigenvalue weighted by molar-refractivity contribution is 0.0562. The molecular weight excluding hydrogens is 459 g/mol. The first-order valence-corrected chi connectivity index (χ1v) is 16.5. The number of aliphatic hydroxyl groups is 1. The minimum atomic E-state index is -1.27. The van der Waals surface area contributed by atoms with E-state index in [0.717, 1.165) is 28.7 Å². The number of hydrogen-bond acceptors (Lipinski definition) is 2. The third kappa shape index (κ3) is 6.22. The zero-order chi connectivity index (χ0) is 23.8. The monoisotopic (exact) mass is 503 g/mol. The fourth-order valence-electron chi connectivity index (χ4n) is 7.35. The number of halogens is 1. The zero-order valence-electron chi connectivity index (χ0n) is 21.0. The molecule has 0 spiro atoms. The molecule has 4 rings (SSSR count). The largest absolute Gasteiger partial charge is 0.481 e. The molecule has 3 aliphatic carbocycles. The maximum absolute atomic E-state index is 11.0. The Morgan fingerprint density at radius 1 is 0.853 bits per heavy atom. The number of rotatable bonds is 9. The fraction of sp³-hybridized carbons (Fsp3) is 0.667. The van der Waals surface area contributed by atoms with Crippen LogP contribution >= 0.6 is 18.9 Å². The van der Waals surface area contributed by atoms with Crippen LogP contribution in [0.1, 0.15) is 108 Å². The number of ether oxygens (including phenoxy) is 1. The molecule has 34 heavy (non-hydrogen) atoms. The van der Waals surface area contributed by atoms with Crippen LogP contribution in [0.2, 0.25) is 5.02 Å². The summed E-state index contributed by atoms with van der Waals surface area (Å²) in [7, 11) is -1.27. The standard InChI is InChI=1S/C30H44ClO2P/c1-2-29(24-18-20-25(31)21-19-24)33-30(32)22-23-34(26-12-6-3-7-13-26,27-14-8-4-9-15-27)28-16-10-5-11-17-28/h2,18-22,26-29H,1,3-17,23H2/p+1/b30-22+. The van der Waals surface area contributed by atoms with Crippen LogP contribution in [0.5, 0.6) is 0 Å². The van der Waals surface area contributed by atoms with Crippen LogP contribution in [0, 0.1) is 0 Å². The highest BCUT2D eigenvalue weighted by molar-refractivity contribution is 7.78. The number of allylic oxidation sites excluding steroid dienone is 1. The number of hydrogen-bond donors (Lipinski definition) is 1. The second kappa shape index (κ2) is 12.8. The molecule has 0 bridgehead atoms. The van der Waals surface area contributed by atoms with E-state index in [1.54, 1.807) is 6.08 Å². The molecule has 3 aliphatic rings. The molecule has 0 amide bonds. The summed E-state index contributed by atoms with van der Waals surface area (Å²) in [4.78, 5) is 0. The lowest BCUT2D eigenvalue weighted by atomic mass is 9.99. The smallest absolute Gasteiger partial charge is 0.277 e. The Bertz CT molecular complexity index is 741. The van der Waals surface area contributed by atoms with Gasteiger partial charge in [0.2, 0.25) is 0 Å². The molecule has 188 valence electrons. The molecule has 1 aromatic rings. The Kier molecular flexibility index (Phi) is 9.84. The van der Waals surface area contributed by atoms with Gasteiger partial charge in [0.25, 0.3) is 5.95 Å². The van der Waals surface area contributed by atoms with Crippen molar-refractivity contribution in [3.8, 4) is 0 Å². The summed E-state index contributed by atoms with van der Waals surface area (Å²) in [6.45, 7) is 3.95. The Morgan fingerprint density at radius 2 is 1.29 bits per heavy atom. The highest BCUT2D eigenvalue weighted by Crippen LogP contribution is 2.77. The fourth-order valence-corrected chi connectivity index (χ4v) is 14.6. The summed E-state index contributed by atoms with van der Waals surface area (Å²) in [5.41, 5.74) is 3.68. The zero-order valence-corrected chi connectivity index (χ0v) is 22.6.